The zero-order valence-corrected chi connectivity index (χ0v) is 20.8. The fourth-order valence-electron chi connectivity index (χ4n) is 4.83. The average molecular weight is 562 g/mol. The molecule has 0 aliphatic carbocycles. The quantitative estimate of drug-likeness (QED) is 0.202. The predicted octanol–water partition coefficient (Wildman–Crippen LogP) is 8.86. The summed E-state index contributed by atoms with van der Waals surface area (Å²) in [6, 6.07) is 40.4. The summed E-state index contributed by atoms with van der Waals surface area (Å²) in [5.74, 6) is 0.648. The van der Waals surface area contributed by atoms with Gasteiger partial charge in [-0.1, -0.05) is 54.6 Å². The van der Waals surface area contributed by atoms with Crippen molar-refractivity contribution in [2.45, 2.75) is 0 Å². The lowest BCUT2D eigenvalue weighted by Crippen LogP contribution is -1.92. The number of oxazole rings is 1. The molecule has 35 heavy (non-hydrogen) atoms. The lowest BCUT2D eigenvalue weighted by atomic mass is 10.0. The van der Waals surface area contributed by atoms with Gasteiger partial charge >= 0.3 is 0 Å². The molecular weight excluding hydrogens is 543 g/mol. The Morgan fingerprint density at radius 1 is 0.600 bits per heavy atom. The van der Waals surface area contributed by atoms with Crippen molar-refractivity contribution in [1.29, 1.82) is 0 Å². The second kappa shape index (κ2) is 8.10. The van der Waals surface area contributed by atoms with Crippen LogP contribution in [0.3, 0.4) is 0 Å². The Labute approximate surface area is 215 Å². The highest BCUT2D eigenvalue weighted by Gasteiger charge is 2.13. The number of aromatic nitrogens is 2. The Morgan fingerprint density at radius 2 is 1.31 bits per heavy atom. The summed E-state index contributed by atoms with van der Waals surface area (Å²) in [5, 5.41) is 2.51. The van der Waals surface area contributed by atoms with Gasteiger partial charge in [-0.25, -0.2) is 4.98 Å². The molecule has 0 atom stereocenters. The fraction of sp³-hybridized carbons (Fsp3) is 0. The highest BCUT2D eigenvalue weighted by atomic mass is 127. The summed E-state index contributed by atoms with van der Waals surface area (Å²) < 4.78 is 9.49. The number of benzene rings is 5. The predicted molar refractivity (Wildman–Crippen MR) is 152 cm³/mol. The summed E-state index contributed by atoms with van der Waals surface area (Å²) in [6.45, 7) is 0. The molecule has 166 valence electrons. The van der Waals surface area contributed by atoms with Crippen molar-refractivity contribution in [2.24, 2.45) is 0 Å². The topological polar surface area (TPSA) is 31.0 Å². The van der Waals surface area contributed by atoms with Crippen LogP contribution in [0.2, 0.25) is 0 Å². The van der Waals surface area contributed by atoms with Crippen LogP contribution < -0.4 is 0 Å². The highest BCUT2D eigenvalue weighted by molar-refractivity contribution is 14.1. The minimum Gasteiger partial charge on any atom is -0.436 e. The van der Waals surface area contributed by atoms with Crippen molar-refractivity contribution < 1.29 is 4.42 Å². The molecule has 0 radical (unpaired) electrons. The second-order valence-electron chi connectivity index (χ2n) is 8.63. The molecule has 7 rings (SSSR count). The molecule has 0 aliphatic heterocycles. The second-order valence-corrected chi connectivity index (χ2v) is 9.87. The lowest BCUT2D eigenvalue weighted by Gasteiger charge is -2.08. The smallest absolute Gasteiger partial charge is 0.227 e. The zero-order chi connectivity index (χ0) is 23.4. The third-order valence-corrected chi connectivity index (χ3v) is 7.17. The molecule has 0 amide bonds. The Morgan fingerprint density at radius 3 is 2.17 bits per heavy atom. The maximum Gasteiger partial charge on any atom is 0.227 e. The number of halogens is 1. The molecule has 0 saturated carbocycles. The van der Waals surface area contributed by atoms with E-state index in [9.17, 15) is 0 Å². The van der Waals surface area contributed by atoms with E-state index in [0.717, 1.165) is 25.8 Å². The molecule has 4 heteroatoms. The van der Waals surface area contributed by atoms with Crippen LogP contribution in [0.15, 0.2) is 120 Å². The van der Waals surface area contributed by atoms with Gasteiger partial charge in [0.05, 0.1) is 11.0 Å². The minimum absolute atomic E-state index is 0.648. The van der Waals surface area contributed by atoms with E-state index < -0.39 is 0 Å². The number of rotatable bonds is 3. The van der Waals surface area contributed by atoms with Crippen molar-refractivity contribution in [3.05, 3.63) is 119 Å². The molecule has 0 aliphatic rings. The standard InChI is InChI=1S/C31H19IN2O/c32-23-15-16-27-30(19-23)35-31(33-27)21-12-10-20(11-13-21)22-14-17-29-26(18-22)25-8-4-5-9-28(25)34(29)24-6-2-1-3-7-24/h1-19H. The Kier molecular flexibility index (Phi) is 4.74. The number of hydrogen-bond acceptors (Lipinski definition) is 2. The molecular formula is C31H19IN2O. The Hall–Kier alpha value is -3.90. The van der Waals surface area contributed by atoms with Gasteiger partial charge in [-0.05, 0) is 94.4 Å². The third-order valence-electron chi connectivity index (χ3n) is 6.50. The van der Waals surface area contributed by atoms with Crippen molar-refractivity contribution >= 4 is 55.5 Å². The van der Waals surface area contributed by atoms with Crippen molar-refractivity contribution in [1.82, 2.24) is 9.55 Å². The van der Waals surface area contributed by atoms with Crippen LogP contribution >= 0.6 is 22.6 Å². The van der Waals surface area contributed by atoms with E-state index in [1.165, 1.54) is 33.1 Å². The molecule has 2 aromatic heterocycles. The summed E-state index contributed by atoms with van der Waals surface area (Å²) in [4.78, 5) is 4.66. The summed E-state index contributed by atoms with van der Waals surface area (Å²) in [5.41, 5.74) is 8.61. The van der Waals surface area contributed by atoms with Gasteiger partial charge in [-0.15, -0.1) is 0 Å². The number of nitrogens with zero attached hydrogens (tertiary/aromatic N) is 2. The first-order valence-corrected chi connectivity index (χ1v) is 12.6. The van der Waals surface area contributed by atoms with Crippen molar-refractivity contribution in [3.8, 4) is 28.3 Å². The summed E-state index contributed by atoms with van der Waals surface area (Å²) in [7, 11) is 0. The monoisotopic (exact) mass is 562 g/mol. The van der Waals surface area contributed by atoms with E-state index >= 15 is 0 Å². The maximum atomic E-state index is 6.01. The van der Waals surface area contributed by atoms with Crippen LogP contribution in [0.1, 0.15) is 0 Å². The molecule has 0 spiro atoms. The van der Waals surface area contributed by atoms with Gasteiger partial charge in [0.1, 0.15) is 5.52 Å². The zero-order valence-electron chi connectivity index (χ0n) is 18.7. The van der Waals surface area contributed by atoms with Gasteiger partial charge in [-0.3, -0.25) is 0 Å². The molecule has 0 unspecified atom stereocenters. The van der Waals surface area contributed by atoms with Crippen molar-refractivity contribution in [3.63, 3.8) is 0 Å². The van der Waals surface area contributed by atoms with E-state index in [-0.39, 0.29) is 0 Å². The minimum atomic E-state index is 0.648. The number of para-hydroxylation sites is 2. The number of fused-ring (bicyclic) bond motifs is 4. The number of hydrogen-bond donors (Lipinski definition) is 0. The Balaban J connectivity index is 1.32. The van der Waals surface area contributed by atoms with E-state index in [2.05, 4.69) is 129 Å². The van der Waals surface area contributed by atoms with Gasteiger partial charge in [0.2, 0.25) is 5.89 Å². The highest BCUT2D eigenvalue weighted by Crippen LogP contribution is 2.35. The van der Waals surface area contributed by atoms with Gasteiger partial charge in [0.15, 0.2) is 5.58 Å². The molecule has 0 bridgehead atoms. The SMILES string of the molecule is Ic1ccc2nc(-c3ccc(-c4ccc5c(c4)c4ccccc4n5-c4ccccc4)cc3)oc2c1. The van der Waals surface area contributed by atoms with Crippen LogP contribution in [-0.2, 0) is 0 Å². The normalized spacial score (nSPS) is 11.6. The first-order chi connectivity index (χ1) is 17.2. The van der Waals surface area contributed by atoms with Gasteiger partial charge < -0.3 is 8.98 Å². The Bertz CT molecular complexity index is 1850. The van der Waals surface area contributed by atoms with E-state index in [1.54, 1.807) is 0 Å². The molecule has 0 N–H and O–H groups in total. The van der Waals surface area contributed by atoms with Gasteiger partial charge in [0, 0.05) is 25.6 Å². The van der Waals surface area contributed by atoms with Gasteiger partial charge in [-0.2, -0.15) is 0 Å². The third kappa shape index (κ3) is 3.44. The molecule has 3 nitrogen and oxygen atoms in total. The van der Waals surface area contributed by atoms with Crippen molar-refractivity contribution in [2.75, 3.05) is 0 Å². The first-order valence-electron chi connectivity index (χ1n) is 11.5. The summed E-state index contributed by atoms with van der Waals surface area (Å²) >= 11 is 2.29. The largest absolute Gasteiger partial charge is 0.436 e. The van der Waals surface area contributed by atoms with E-state index in [1.807, 2.05) is 18.2 Å². The molecule has 0 saturated heterocycles. The molecule has 0 fully saturated rings. The molecule has 5 aromatic carbocycles. The van der Waals surface area contributed by atoms with Gasteiger partial charge in [0.25, 0.3) is 0 Å². The van der Waals surface area contributed by atoms with Crippen LogP contribution in [0.5, 0.6) is 0 Å². The van der Waals surface area contributed by atoms with E-state index in [4.69, 9.17) is 4.42 Å². The lowest BCUT2D eigenvalue weighted by molar-refractivity contribution is 0.619. The first kappa shape index (κ1) is 20.5. The maximum absolute atomic E-state index is 6.01. The average Bonchev–Trinajstić information content (AvgIpc) is 3.48. The molecule has 7 aromatic rings. The summed E-state index contributed by atoms with van der Waals surface area (Å²) in [6.07, 6.45) is 0. The van der Waals surface area contributed by atoms with Crippen LogP contribution in [0.4, 0.5) is 0 Å². The van der Waals surface area contributed by atoms with Crippen LogP contribution in [0.25, 0.3) is 61.2 Å². The van der Waals surface area contributed by atoms with Crippen LogP contribution in [-0.4, -0.2) is 9.55 Å². The molecule has 2 heterocycles. The van der Waals surface area contributed by atoms with E-state index in [0.29, 0.717) is 5.89 Å². The fourth-order valence-corrected chi connectivity index (χ4v) is 5.30. The van der Waals surface area contributed by atoms with Crippen LogP contribution in [0, 0.1) is 3.57 Å².